The molecule has 0 radical (unpaired) electrons. The molecule has 150 valence electrons. The van der Waals surface area contributed by atoms with Gasteiger partial charge in [-0.1, -0.05) is 10.5 Å². The number of carbonyl (C=O) groups excluding carboxylic acids is 1. The third-order valence-corrected chi connectivity index (χ3v) is 6.61. The predicted molar refractivity (Wildman–Crippen MR) is 103 cm³/mol. The molecular formula is C19H25N4O4S+. The topological polar surface area (TPSA) is 84.2 Å². The first kappa shape index (κ1) is 20.4. The van der Waals surface area contributed by atoms with E-state index in [0.717, 1.165) is 24.1 Å². The first-order valence-corrected chi connectivity index (χ1v) is 10.5. The molecule has 1 aliphatic rings. The third kappa shape index (κ3) is 4.56. The van der Waals surface area contributed by atoms with Crippen LogP contribution in [0.1, 0.15) is 15.9 Å². The van der Waals surface area contributed by atoms with Crippen molar-refractivity contribution in [2.75, 3.05) is 40.3 Å². The molecule has 1 N–H and O–H groups in total. The number of aromatic nitrogens is 1. The smallest absolute Gasteiger partial charge is 0.264 e. The van der Waals surface area contributed by atoms with Crippen LogP contribution >= 0.6 is 0 Å². The summed E-state index contributed by atoms with van der Waals surface area (Å²) in [6.07, 6.45) is 3.58. The van der Waals surface area contributed by atoms with E-state index < -0.39 is 10.0 Å². The lowest BCUT2D eigenvalue weighted by Crippen LogP contribution is -3.13. The number of carbonyl (C=O) groups is 1. The summed E-state index contributed by atoms with van der Waals surface area (Å²) in [7, 11) is -1.20. The molecule has 2 heterocycles. The number of hydrogen-bond acceptors (Lipinski definition) is 5. The van der Waals surface area contributed by atoms with Crippen LogP contribution < -0.4 is 4.90 Å². The van der Waals surface area contributed by atoms with Crippen molar-refractivity contribution in [2.45, 2.75) is 11.4 Å². The van der Waals surface area contributed by atoms with Crippen molar-refractivity contribution in [2.24, 2.45) is 0 Å². The van der Waals surface area contributed by atoms with Gasteiger partial charge in [-0.2, -0.15) is 0 Å². The predicted octanol–water partition coefficient (Wildman–Crippen LogP) is -0.196. The molecule has 0 aliphatic carbocycles. The molecule has 0 unspecified atom stereocenters. The number of amides is 1. The molecule has 2 aromatic rings. The fourth-order valence-corrected chi connectivity index (χ4v) is 4.23. The maximum absolute atomic E-state index is 12.9. The first-order chi connectivity index (χ1) is 13.4. The highest BCUT2D eigenvalue weighted by atomic mass is 32.2. The molecule has 3 rings (SSSR count). The summed E-state index contributed by atoms with van der Waals surface area (Å²) in [6.45, 7) is 3.86. The molecule has 1 aromatic carbocycles. The van der Waals surface area contributed by atoms with E-state index in [4.69, 9.17) is 4.84 Å². The second-order valence-electron chi connectivity index (χ2n) is 6.70. The minimum atomic E-state index is -3.79. The van der Waals surface area contributed by atoms with Crippen molar-refractivity contribution in [3.05, 3.63) is 59.9 Å². The van der Waals surface area contributed by atoms with Crippen LogP contribution in [0.3, 0.4) is 0 Å². The van der Waals surface area contributed by atoms with Crippen LogP contribution in [0.4, 0.5) is 0 Å². The number of rotatable bonds is 6. The van der Waals surface area contributed by atoms with E-state index in [1.54, 1.807) is 29.4 Å². The van der Waals surface area contributed by atoms with Crippen LogP contribution in [-0.2, 0) is 21.4 Å². The molecular weight excluding hydrogens is 380 g/mol. The van der Waals surface area contributed by atoms with Gasteiger partial charge in [0.15, 0.2) is 0 Å². The van der Waals surface area contributed by atoms with E-state index in [-0.39, 0.29) is 10.8 Å². The van der Waals surface area contributed by atoms with Crippen LogP contribution in [0.25, 0.3) is 0 Å². The van der Waals surface area contributed by atoms with E-state index in [2.05, 4.69) is 4.98 Å². The molecule has 0 bridgehead atoms. The maximum Gasteiger partial charge on any atom is 0.264 e. The van der Waals surface area contributed by atoms with Crippen LogP contribution in [-0.4, -0.2) is 69.0 Å². The molecule has 8 nitrogen and oxygen atoms in total. The molecule has 0 saturated carbocycles. The summed E-state index contributed by atoms with van der Waals surface area (Å²) in [5.74, 6) is -0.153. The highest BCUT2D eigenvalue weighted by Crippen LogP contribution is 2.17. The van der Waals surface area contributed by atoms with Crippen molar-refractivity contribution in [3.63, 3.8) is 0 Å². The number of hydroxylamine groups is 1. The molecule has 9 heteroatoms. The van der Waals surface area contributed by atoms with Crippen molar-refractivity contribution in [1.82, 2.24) is 14.4 Å². The van der Waals surface area contributed by atoms with Gasteiger partial charge in [-0.3, -0.25) is 14.6 Å². The van der Waals surface area contributed by atoms with Crippen molar-refractivity contribution in [1.29, 1.82) is 0 Å². The number of nitrogens with one attached hydrogen (secondary N) is 1. The minimum absolute atomic E-state index is 0.0321. The van der Waals surface area contributed by atoms with Crippen LogP contribution in [0.15, 0.2) is 53.7 Å². The molecule has 0 atom stereocenters. The average molecular weight is 406 g/mol. The number of pyridine rings is 1. The highest BCUT2D eigenvalue weighted by Gasteiger charge is 2.26. The Morgan fingerprint density at radius 3 is 2.54 bits per heavy atom. The Hall–Kier alpha value is -2.33. The van der Waals surface area contributed by atoms with Gasteiger partial charge < -0.3 is 9.80 Å². The fraction of sp³-hybridized carbons (Fsp3) is 0.368. The number of nitrogens with zero attached hydrogens (tertiary/aromatic N) is 3. The number of hydrogen-bond donors (Lipinski definition) is 1. The SMILES string of the molecule is CON(C)S(=O)(=O)c1cccc(C(=O)N2CC[NH+](Cc3ccncc3)CC2)c1. The van der Waals surface area contributed by atoms with E-state index in [0.29, 0.717) is 18.7 Å². The summed E-state index contributed by atoms with van der Waals surface area (Å²) in [4.78, 5) is 24.9. The Morgan fingerprint density at radius 1 is 1.21 bits per heavy atom. The second kappa shape index (κ2) is 8.78. The minimum Gasteiger partial charge on any atom is -0.328 e. The zero-order valence-electron chi connectivity index (χ0n) is 16.0. The zero-order valence-corrected chi connectivity index (χ0v) is 16.9. The van der Waals surface area contributed by atoms with Crippen LogP contribution in [0, 0.1) is 0 Å². The number of piperazine rings is 1. The molecule has 28 heavy (non-hydrogen) atoms. The Balaban J connectivity index is 1.65. The van der Waals surface area contributed by atoms with Crippen molar-refractivity contribution >= 4 is 15.9 Å². The average Bonchev–Trinajstić information content (AvgIpc) is 2.74. The van der Waals surface area contributed by atoms with E-state index in [1.807, 2.05) is 12.1 Å². The van der Waals surface area contributed by atoms with Crippen LogP contribution in [0.2, 0.25) is 0 Å². The first-order valence-electron chi connectivity index (χ1n) is 9.06. The monoisotopic (exact) mass is 405 g/mol. The van der Waals surface area contributed by atoms with Crippen molar-refractivity contribution in [3.8, 4) is 0 Å². The summed E-state index contributed by atoms with van der Waals surface area (Å²) in [5, 5.41) is 0. The fourth-order valence-electron chi connectivity index (χ4n) is 3.21. The van der Waals surface area contributed by atoms with Gasteiger partial charge in [0, 0.05) is 30.6 Å². The molecule has 1 saturated heterocycles. The standard InChI is InChI=1S/C19H24N4O4S/c1-21(27-2)28(25,26)18-5-3-4-17(14-18)19(24)23-12-10-22(11-13-23)15-16-6-8-20-9-7-16/h3-9,14H,10-13,15H2,1-2H3/p+1. The summed E-state index contributed by atoms with van der Waals surface area (Å²) in [6, 6.07) is 10.1. The third-order valence-electron chi connectivity index (χ3n) is 4.94. The van der Waals surface area contributed by atoms with E-state index in [9.17, 15) is 13.2 Å². The Labute approximate surface area is 165 Å². The molecule has 1 fully saturated rings. The second-order valence-corrected chi connectivity index (χ2v) is 8.64. The van der Waals surface area contributed by atoms with Gasteiger partial charge in [0.2, 0.25) is 0 Å². The van der Waals surface area contributed by atoms with E-state index in [1.165, 1.54) is 36.8 Å². The molecule has 1 aliphatic heterocycles. The van der Waals surface area contributed by atoms with Crippen molar-refractivity contribution < 1.29 is 22.9 Å². The zero-order chi connectivity index (χ0) is 20.1. The number of quaternary nitrogens is 1. The van der Waals surface area contributed by atoms with Gasteiger partial charge in [-0.15, -0.1) is 0 Å². The summed E-state index contributed by atoms with van der Waals surface area (Å²) < 4.78 is 25.6. The quantitative estimate of drug-likeness (QED) is 0.673. The summed E-state index contributed by atoms with van der Waals surface area (Å²) >= 11 is 0. The Bertz CT molecular complexity index is 913. The largest absolute Gasteiger partial charge is 0.328 e. The number of sulfonamides is 1. The molecule has 1 amide bonds. The lowest BCUT2D eigenvalue weighted by atomic mass is 10.1. The maximum atomic E-state index is 12.9. The molecule has 0 spiro atoms. The van der Waals surface area contributed by atoms with Gasteiger partial charge >= 0.3 is 0 Å². The Kier molecular flexibility index (Phi) is 6.40. The van der Waals surface area contributed by atoms with Gasteiger partial charge in [0.1, 0.15) is 6.54 Å². The van der Waals surface area contributed by atoms with Crippen LogP contribution in [0.5, 0.6) is 0 Å². The van der Waals surface area contributed by atoms with E-state index >= 15 is 0 Å². The van der Waals surface area contributed by atoms with Gasteiger partial charge in [0.05, 0.1) is 38.2 Å². The summed E-state index contributed by atoms with van der Waals surface area (Å²) in [5.41, 5.74) is 1.59. The normalized spacial score (nSPS) is 15.8. The lowest BCUT2D eigenvalue weighted by molar-refractivity contribution is -0.917. The van der Waals surface area contributed by atoms with Gasteiger partial charge in [-0.05, 0) is 30.3 Å². The highest BCUT2D eigenvalue weighted by molar-refractivity contribution is 7.89. The molecule has 1 aromatic heterocycles. The van der Waals surface area contributed by atoms with Gasteiger partial charge in [0.25, 0.3) is 15.9 Å². The number of benzene rings is 1. The lowest BCUT2D eigenvalue weighted by Gasteiger charge is -2.32. The van der Waals surface area contributed by atoms with Gasteiger partial charge in [-0.25, -0.2) is 8.42 Å². The Morgan fingerprint density at radius 2 is 1.89 bits per heavy atom.